The smallest absolute Gasteiger partial charge is 0.251 e. The molecule has 1 fully saturated rings. The van der Waals surface area contributed by atoms with Crippen molar-refractivity contribution < 1.29 is 9.59 Å². The van der Waals surface area contributed by atoms with Crippen LogP contribution in [0.25, 0.3) is 0 Å². The van der Waals surface area contributed by atoms with Crippen LogP contribution in [0.4, 0.5) is 5.00 Å². The first kappa shape index (κ1) is 14.9. The van der Waals surface area contributed by atoms with Gasteiger partial charge in [0.05, 0.1) is 5.56 Å². The number of rotatable bonds is 3. The number of nitrogens with two attached hydrogens (primary N) is 1. The number of hydrogen-bond donors (Lipinski definition) is 2. The van der Waals surface area contributed by atoms with Crippen LogP contribution >= 0.6 is 11.3 Å². The van der Waals surface area contributed by atoms with Crippen molar-refractivity contribution in [3.8, 4) is 0 Å². The van der Waals surface area contributed by atoms with Crippen molar-refractivity contribution in [3.05, 3.63) is 28.2 Å². The Morgan fingerprint density at radius 3 is 2.78 bits per heavy atom. The minimum atomic E-state index is -0.416. The minimum absolute atomic E-state index is 0.0452. The fraction of sp³-hybridized carbons (Fsp3) is 0.556. The first-order valence-corrected chi connectivity index (χ1v) is 9.28. The van der Waals surface area contributed by atoms with Crippen LogP contribution in [0.3, 0.4) is 0 Å². The minimum Gasteiger partial charge on any atom is -0.365 e. The van der Waals surface area contributed by atoms with Crippen molar-refractivity contribution in [1.82, 2.24) is 0 Å². The van der Waals surface area contributed by atoms with Gasteiger partial charge in [0.2, 0.25) is 5.91 Å². The molecule has 0 saturated heterocycles. The fourth-order valence-corrected chi connectivity index (χ4v) is 5.81. The Morgan fingerprint density at radius 2 is 2.13 bits per heavy atom. The second-order valence-corrected chi connectivity index (χ2v) is 8.40. The van der Waals surface area contributed by atoms with Gasteiger partial charge < -0.3 is 11.1 Å². The number of carbonyl (C=O) groups excluding carboxylic acids is 2. The maximum absolute atomic E-state index is 12.7. The molecule has 2 amide bonds. The summed E-state index contributed by atoms with van der Waals surface area (Å²) in [5.74, 6) is 1.23. The van der Waals surface area contributed by atoms with Crippen molar-refractivity contribution in [3.63, 3.8) is 0 Å². The molecule has 0 aliphatic heterocycles. The average Bonchev–Trinajstić information content (AvgIpc) is 3.18. The third-order valence-corrected chi connectivity index (χ3v) is 6.78. The van der Waals surface area contributed by atoms with E-state index in [0.717, 1.165) is 37.7 Å². The van der Waals surface area contributed by atoms with Gasteiger partial charge in [0, 0.05) is 10.8 Å². The fourth-order valence-electron chi connectivity index (χ4n) is 4.39. The van der Waals surface area contributed by atoms with Gasteiger partial charge in [0.1, 0.15) is 5.00 Å². The molecule has 0 spiro atoms. The molecule has 0 radical (unpaired) electrons. The van der Waals surface area contributed by atoms with Crippen LogP contribution in [-0.4, -0.2) is 11.8 Å². The molecule has 1 heterocycles. The molecule has 0 unspecified atom stereocenters. The van der Waals surface area contributed by atoms with Gasteiger partial charge in [0.25, 0.3) is 5.91 Å². The normalized spacial score (nSPS) is 31.2. The monoisotopic (exact) mass is 330 g/mol. The predicted octanol–water partition coefficient (Wildman–Crippen LogP) is 3.12. The van der Waals surface area contributed by atoms with Crippen molar-refractivity contribution in [2.75, 3.05) is 5.32 Å². The van der Waals surface area contributed by atoms with E-state index in [4.69, 9.17) is 5.73 Å². The van der Waals surface area contributed by atoms with E-state index in [1.54, 1.807) is 11.3 Å². The lowest BCUT2D eigenvalue weighted by Crippen LogP contribution is -2.27. The summed E-state index contributed by atoms with van der Waals surface area (Å²) in [7, 11) is 0. The van der Waals surface area contributed by atoms with E-state index >= 15 is 0 Å². The number of nitrogens with one attached hydrogen (secondary N) is 1. The van der Waals surface area contributed by atoms with Gasteiger partial charge in [-0.3, -0.25) is 9.59 Å². The zero-order valence-electron chi connectivity index (χ0n) is 13.3. The molecule has 4 rings (SSSR count). The number of anilines is 1. The molecule has 1 aromatic heterocycles. The Kier molecular flexibility index (Phi) is 3.56. The molecule has 3 aliphatic carbocycles. The SMILES string of the molecule is C[C@H]1CCc2c(sc(NC(=O)[C@@H]3C[C@H]4C=C[C@H]3C4)c2C(N)=O)C1. The highest BCUT2D eigenvalue weighted by molar-refractivity contribution is 7.17. The number of allylic oxidation sites excluding steroid dienone is 2. The topological polar surface area (TPSA) is 72.2 Å². The Bertz CT molecular complexity index is 706. The number of thiophene rings is 1. The van der Waals surface area contributed by atoms with Crippen LogP contribution in [0.1, 0.15) is 47.0 Å². The lowest BCUT2D eigenvalue weighted by Gasteiger charge is -2.18. The van der Waals surface area contributed by atoms with E-state index in [2.05, 4.69) is 24.4 Å². The lowest BCUT2D eigenvalue weighted by molar-refractivity contribution is -0.120. The van der Waals surface area contributed by atoms with Crippen LogP contribution < -0.4 is 11.1 Å². The van der Waals surface area contributed by atoms with Crippen LogP contribution in [0, 0.1) is 23.7 Å². The molecule has 0 aromatic carbocycles. The molecule has 23 heavy (non-hydrogen) atoms. The Balaban J connectivity index is 1.60. The van der Waals surface area contributed by atoms with E-state index in [1.165, 1.54) is 4.88 Å². The van der Waals surface area contributed by atoms with Crippen molar-refractivity contribution in [1.29, 1.82) is 0 Å². The summed E-state index contributed by atoms with van der Waals surface area (Å²) in [5, 5.41) is 3.71. The lowest BCUT2D eigenvalue weighted by atomic mass is 9.88. The third kappa shape index (κ3) is 2.51. The predicted molar refractivity (Wildman–Crippen MR) is 91.5 cm³/mol. The highest BCUT2D eigenvalue weighted by Gasteiger charge is 2.40. The summed E-state index contributed by atoms with van der Waals surface area (Å²) in [6, 6.07) is 0. The van der Waals surface area contributed by atoms with Crippen LogP contribution in [-0.2, 0) is 17.6 Å². The van der Waals surface area contributed by atoms with E-state index in [1.807, 2.05) is 0 Å². The molecular formula is C18H22N2O2S. The summed E-state index contributed by atoms with van der Waals surface area (Å²) < 4.78 is 0. The molecule has 5 heteroatoms. The van der Waals surface area contributed by atoms with Gasteiger partial charge >= 0.3 is 0 Å². The van der Waals surface area contributed by atoms with Gasteiger partial charge in [-0.1, -0.05) is 19.1 Å². The van der Waals surface area contributed by atoms with Crippen LogP contribution in [0.2, 0.25) is 0 Å². The Morgan fingerprint density at radius 1 is 1.30 bits per heavy atom. The third-order valence-electron chi connectivity index (χ3n) is 5.61. The standard InChI is InChI=1S/C18H22N2O2S/c1-9-2-5-12-14(6-9)23-18(15(12)16(19)21)20-17(22)13-8-10-3-4-11(13)7-10/h3-4,9-11,13H,2,5-8H2,1H3,(H2,19,21)(H,20,22)/t9-,10-,11-,13+/m0/s1. The van der Waals surface area contributed by atoms with Crippen molar-refractivity contribution >= 4 is 28.2 Å². The first-order valence-electron chi connectivity index (χ1n) is 8.46. The molecule has 3 aliphatic rings. The largest absolute Gasteiger partial charge is 0.365 e. The van der Waals surface area contributed by atoms with E-state index in [0.29, 0.717) is 28.3 Å². The summed E-state index contributed by atoms with van der Waals surface area (Å²) in [4.78, 5) is 25.8. The first-order chi connectivity index (χ1) is 11.0. The van der Waals surface area contributed by atoms with E-state index in [9.17, 15) is 9.59 Å². The van der Waals surface area contributed by atoms with Crippen molar-refractivity contribution in [2.24, 2.45) is 29.4 Å². The van der Waals surface area contributed by atoms with Gasteiger partial charge in [-0.15, -0.1) is 11.3 Å². The number of primary amides is 1. The molecule has 3 N–H and O–H groups in total. The molecule has 122 valence electrons. The summed E-state index contributed by atoms with van der Waals surface area (Å²) in [5.41, 5.74) is 7.24. The Hall–Kier alpha value is -1.62. The second kappa shape index (κ2) is 5.48. The molecule has 2 bridgehead atoms. The molecule has 1 saturated carbocycles. The highest BCUT2D eigenvalue weighted by Crippen LogP contribution is 2.45. The van der Waals surface area contributed by atoms with Gasteiger partial charge in [0.15, 0.2) is 0 Å². The second-order valence-electron chi connectivity index (χ2n) is 7.30. The molecule has 1 aromatic rings. The van der Waals surface area contributed by atoms with E-state index in [-0.39, 0.29) is 11.8 Å². The van der Waals surface area contributed by atoms with Gasteiger partial charge in [-0.25, -0.2) is 0 Å². The Labute approximate surface area is 140 Å². The maximum Gasteiger partial charge on any atom is 0.251 e. The average molecular weight is 330 g/mol. The molecule has 4 atom stereocenters. The molecule has 4 nitrogen and oxygen atoms in total. The molecular weight excluding hydrogens is 308 g/mol. The van der Waals surface area contributed by atoms with Gasteiger partial charge in [-0.05, 0) is 55.4 Å². The maximum atomic E-state index is 12.7. The number of amides is 2. The number of fused-ring (bicyclic) bond motifs is 3. The summed E-state index contributed by atoms with van der Waals surface area (Å²) in [6.45, 7) is 2.23. The number of carbonyl (C=O) groups is 2. The van der Waals surface area contributed by atoms with Crippen molar-refractivity contribution in [2.45, 2.75) is 39.0 Å². The summed E-state index contributed by atoms with van der Waals surface area (Å²) in [6.07, 6.45) is 9.38. The quantitative estimate of drug-likeness (QED) is 0.836. The summed E-state index contributed by atoms with van der Waals surface area (Å²) >= 11 is 1.55. The zero-order chi connectivity index (χ0) is 16.1. The highest BCUT2D eigenvalue weighted by atomic mass is 32.1. The van der Waals surface area contributed by atoms with Crippen LogP contribution in [0.15, 0.2) is 12.2 Å². The van der Waals surface area contributed by atoms with E-state index < -0.39 is 5.91 Å². The van der Waals surface area contributed by atoms with Crippen LogP contribution in [0.5, 0.6) is 0 Å². The number of hydrogen-bond acceptors (Lipinski definition) is 3. The zero-order valence-corrected chi connectivity index (χ0v) is 14.1. The van der Waals surface area contributed by atoms with Gasteiger partial charge in [-0.2, -0.15) is 0 Å².